The molecule has 1 aromatic rings. The Morgan fingerprint density at radius 1 is 1.24 bits per heavy atom. The van der Waals surface area contributed by atoms with Crippen molar-refractivity contribution in [2.75, 3.05) is 20.8 Å². The Balaban J connectivity index is 1.69. The lowest BCUT2D eigenvalue weighted by Gasteiger charge is -2.37. The van der Waals surface area contributed by atoms with Gasteiger partial charge in [0.15, 0.2) is 11.5 Å². The van der Waals surface area contributed by atoms with Gasteiger partial charge >= 0.3 is 5.97 Å². The number of methoxy groups -OCH3 is 2. The highest BCUT2D eigenvalue weighted by atomic mass is 16.5. The molecule has 2 fully saturated rings. The Morgan fingerprint density at radius 3 is 2.48 bits per heavy atom. The maximum atomic E-state index is 13.0. The van der Waals surface area contributed by atoms with Crippen LogP contribution < -0.4 is 9.47 Å². The number of aliphatic carboxylic acids is 1. The molecule has 1 amide bonds. The molecule has 0 aromatic heterocycles. The maximum absolute atomic E-state index is 13.0. The quantitative estimate of drug-likeness (QED) is 0.887. The van der Waals surface area contributed by atoms with Crippen molar-refractivity contribution >= 4 is 11.9 Å². The first-order chi connectivity index (χ1) is 12.0. The van der Waals surface area contributed by atoms with Crippen LogP contribution in [0, 0.1) is 11.3 Å². The standard InChI is InChI=1S/C19H23NO5/c1-24-15-7-11-3-6-20(18(23)13-10-19(13)4-5-19)14(9-17(21)22)12(11)8-16(15)25-2/h7-8,13-14H,3-6,9-10H2,1-2H3,(H,21,22). The smallest absolute Gasteiger partial charge is 0.305 e. The molecule has 25 heavy (non-hydrogen) atoms. The van der Waals surface area contributed by atoms with Gasteiger partial charge in [-0.2, -0.15) is 0 Å². The average Bonchev–Trinajstić information content (AvgIpc) is 3.52. The Kier molecular flexibility index (Phi) is 3.67. The van der Waals surface area contributed by atoms with Crippen LogP contribution in [0.5, 0.6) is 11.5 Å². The fraction of sp³-hybridized carbons (Fsp3) is 0.579. The molecule has 1 aliphatic heterocycles. The summed E-state index contributed by atoms with van der Waals surface area (Å²) in [6.45, 7) is 0.561. The molecule has 0 radical (unpaired) electrons. The molecule has 2 aliphatic carbocycles. The van der Waals surface area contributed by atoms with E-state index in [1.807, 2.05) is 12.1 Å². The summed E-state index contributed by atoms with van der Waals surface area (Å²) >= 11 is 0. The van der Waals surface area contributed by atoms with E-state index in [1.54, 1.807) is 19.1 Å². The van der Waals surface area contributed by atoms with E-state index in [0.29, 0.717) is 24.5 Å². The molecular weight excluding hydrogens is 322 g/mol. The van der Waals surface area contributed by atoms with Gasteiger partial charge in [-0.3, -0.25) is 9.59 Å². The number of hydrogen-bond donors (Lipinski definition) is 1. The lowest BCUT2D eigenvalue weighted by atomic mass is 9.89. The summed E-state index contributed by atoms with van der Waals surface area (Å²) in [7, 11) is 3.14. The first-order valence-corrected chi connectivity index (χ1v) is 8.76. The first-order valence-electron chi connectivity index (χ1n) is 8.76. The van der Waals surface area contributed by atoms with Crippen LogP contribution in [0.3, 0.4) is 0 Å². The average molecular weight is 345 g/mol. The number of nitrogens with zero attached hydrogens (tertiary/aromatic N) is 1. The highest BCUT2D eigenvalue weighted by Gasteiger charge is 2.66. The number of ether oxygens (including phenoxy) is 2. The Labute approximate surface area is 146 Å². The molecule has 2 saturated carbocycles. The van der Waals surface area contributed by atoms with E-state index in [-0.39, 0.29) is 23.7 Å². The minimum atomic E-state index is -0.901. The molecule has 6 heteroatoms. The number of carboxylic acid groups (broad SMARTS) is 1. The SMILES string of the molecule is COc1cc2c(cc1OC)C(CC(=O)O)N(C(=O)C1CC13CC3)CC2. The van der Waals surface area contributed by atoms with Crippen LogP contribution in [0.1, 0.15) is 42.9 Å². The number of carbonyl (C=O) groups excluding carboxylic acids is 1. The second-order valence-corrected chi connectivity index (χ2v) is 7.42. The van der Waals surface area contributed by atoms with Gasteiger partial charge in [-0.15, -0.1) is 0 Å². The van der Waals surface area contributed by atoms with Crippen molar-refractivity contribution in [1.82, 2.24) is 4.90 Å². The molecule has 2 atom stereocenters. The third-order valence-electron chi connectivity index (χ3n) is 6.03. The molecule has 1 heterocycles. The van der Waals surface area contributed by atoms with Crippen LogP contribution in [-0.4, -0.2) is 42.6 Å². The van der Waals surface area contributed by atoms with Crippen molar-refractivity contribution in [3.05, 3.63) is 23.3 Å². The number of amides is 1. The predicted molar refractivity (Wildman–Crippen MR) is 89.7 cm³/mol. The lowest BCUT2D eigenvalue weighted by Crippen LogP contribution is -2.42. The van der Waals surface area contributed by atoms with Crippen molar-refractivity contribution in [3.63, 3.8) is 0 Å². The molecule has 6 nitrogen and oxygen atoms in total. The molecule has 4 rings (SSSR count). The zero-order valence-electron chi connectivity index (χ0n) is 14.6. The van der Waals surface area contributed by atoms with Crippen LogP contribution in [0.25, 0.3) is 0 Å². The van der Waals surface area contributed by atoms with Gasteiger partial charge in [-0.1, -0.05) is 0 Å². The largest absolute Gasteiger partial charge is 0.493 e. The topological polar surface area (TPSA) is 76.1 Å². The van der Waals surface area contributed by atoms with Crippen molar-refractivity contribution in [2.24, 2.45) is 11.3 Å². The molecule has 0 saturated heterocycles. The van der Waals surface area contributed by atoms with Crippen LogP contribution in [0.2, 0.25) is 0 Å². The number of carboxylic acids is 1. The van der Waals surface area contributed by atoms with Gasteiger partial charge < -0.3 is 19.5 Å². The number of hydrogen-bond acceptors (Lipinski definition) is 4. The third kappa shape index (κ3) is 2.64. The molecular formula is C19H23NO5. The van der Waals surface area contributed by atoms with Gasteiger partial charge in [0.2, 0.25) is 5.91 Å². The van der Waals surface area contributed by atoms with Crippen molar-refractivity contribution in [2.45, 2.75) is 38.1 Å². The van der Waals surface area contributed by atoms with Crippen molar-refractivity contribution in [1.29, 1.82) is 0 Å². The Hall–Kier alpha value is -2.24. The number of fused-ring (bicyclic) bond motifs is 1. The number of rotatable bonds is 5. The molecule has 3 aliphatic rings. The van der Waals surface area contributed by atoms with E-state index in [2.05, 4.69) is 0 Å². The maximum Gasteiger partial charge on any atom is 0.305 e. The van der Waals surface area contributed by atoms with Crippen LogP contribution in [0.4, 0.5) is 0 Å². The summed E-state index contributed by atoms with van der Waals surface area (Å²) < 4.78 is 10.7. The van der Waals surface area contributed by atoms with E-state index in [0.717, 1.165) is 30.4 Å². The molecule has 1 N–H and O–H groups in total. The molecule has 2 unspecified atom stereocenters. The summed E-state index contributed by atoms with van der Waals surface area (Å²) in [5, 5.41) is 9.39. The van der Waals surface area contributed by atoms with Crippen LogP contribution in [0.15, 0.2) is 12.1 Å². The fourth-order valence-corrected chi connectivity index (χ4v) is 4.29. The highest BCUT2D eigenvalue weighted by Crippen LogP contribution is 2.71. The number of benzene rings is 1. The Morgan fingerprint density at radius 2 is 1.92 bits per heavy atom. The summed E-state index contributed by atoms with van der Waals surface area (Å²) in [6.07, 6.45) is 3.87. The zero-order valence-corrected chi connectivity index (χ0v) is 14.6. The highest BCUT2D eigenvalue weighted by molar-refractivity contribution is 5.85. The van der Waals surface area contributed by atoms with Crippen LogP contribution >= 0.6 is 0 Å². The minimum absolute atomic E-state index is 0.0893. The summed E-state index contributed by atoms with van der Waals surface area (Å²) in [5.41, 5.74) is 2.16. The summed E-state index contributed by atoms with van der Waals surface area (Å²) in [4.78, 5) is 26.2. The van der Waals surface area contributed by atoms with E-state index in [9.17, 15) is 14.7 Å². The third-order valence-corrected chi connectivity index (χ3v) is 6.03. The number of carbonyl (C=O) groups is 2. The van der Waals surface area contributed by atoms with Crippen LogP contribution in [-0.2, 0) is 16.0 Å². The van der Waals surface area contributed by atoms with Gasteiger partial charge in [-0.25, -0.2) is 0 Å². The van der Waals surface area contributed by atoms with E-state index in [4.69, 9.17) is 9.47 Å². The van der Waals surface area contributed by atoms with Gasteiger partial charge in [0, 0.05) is 12.5 Å². The monoisotopic (exact) mass is 345 g/mol. The fourth-order valence-electron chi connectivity index (χ4n) is 4.29. The van der Waals surface area contributed by atoms with E-state index >= 15 is 0 Å². The van der Waals surface area contributed by atoms with Gasteiger partial charge in [-0.05, 0) is 54.4 Å². The first kappa shape index (κ1) is 16.2. The normalized spacial score (nSPS) is 25.3. The van der Waals surface area contributed by atoms with E-state index in [1.165, 1.54) is 0 Å². The second-order valence-electron chi connectivity index (χ2n) is 7.42. The van der Waals surface area contributed by atoms with Crippen molar-refractivity contribution < 1.29 is 24.2 Å². The molecule has 134 valence electrons. The predicted octanol–water partition coefficient (Wildman–Crippen LogP) is 2.40. The second kappa shape index (κ2) is 5.64. The zero-order chi connectivity index (χ0) is 17.8. The molecule has 1 spiro atoms. The molecule has 1 aromatic carbocycles. The van der Waals surface area contributed by atoms with E-state index < -0.39 is 12.0 Å². The Bertz CT molecular complexity index is 740. The van der Waals surface area contributed by atoms with Gasteiger partial charge in [0.25, 0.3) is 0 Å². The van der Waals surface area contributed by atoms with Gasteiger partial charge in [0.05, 0.1) is 26.7 Å². The summed E-state index contributed by atoms with van der Waals surface area (Å²) in [5.74, 6) is 0.530. The molecule has 0 bridgehead atoms. The minimum Gasteiger partial charge on any atom is -0.493 e. The summed E-state index contributed by atoms with van der Waals surface area (Å²) in [6, 6.07) is 3.30. The lowest BCUT2D eigenvalue weighted by molar-refractivity contribution is -0.142. The van der Waals surface area contributed by atoms with Crippen molar-refractivity contribution in [3.8, 4) is 11.5 Å². The van der Waals surface area contributed by atoms with Gasteiger partial charge in [0.1, 0.15) is 0 Å².